The number of ether oxygens (including phenoxy) is 2. The molecule has 1 saturated heterocycles. The third-order valence-corrected chi connectivity index (χ3v) is 7.31. The van der Waals surface area contributed by atoms with E-state index in [1.54, 1.807) is 24.1 Å². The lowest BCUT2D eigenvalue weighted by Crippen LogP contribution is -2.39. The van der Waals surface area contributed by atoms with Gasteiger partial charge in [-0.3, -0.25) is 14.6 Å². The zero-order valence-corrected chi connectivity index (χ0v) is 20.8. The monoisotopic (exact) mass is 511 g/mol. The first-order valence-corrected chi connectivity index (χ1v) is 12.4. The third kappa shape index (κ3) is 7.04. The number of hydrogen-bond donors (Lipinski definition) is 0. The molecule has 1 fully saturated rings. The summed E-state index contributed by atoms with van der Waals surface area (Å²) in [5, 5.41) is 0.694. The fourth-order valence-electron chi connectivity index (χ4n) is 3.50. The lowest BCUT2D eigenvalue weighted by molar-refractivity contribution is -0.116. The molecule has 0 radical (unpaired) electrons. The smallest absolute Gasteiger partial charge is 0.239 e. The van der Waals surface area contributed by atoms with Crippen molar-refractivity contribution in [2.24, 2.45) is 0 Å². The Bertz CT molecular complexity index is 1050. The van der Waals surface area contributed by atoms with E-state index < -0.39 is 0 Å². The number of halogens is 2. The molecule has 0 spiro atoms. The fourth-order valence-corrected chi connectivity index (χ4v) is 5.26. The van der Waals surface area contributed by atoms with Crippen molar-refractivity contribution in [3.05, 3.63) is 48.3 Å². The normalized spacial score (nSPS) is 14.1. The molecule has 0 N–H and O–H groups in total. The number of morpholine rings is 1. The highest BCUT2D eigenvalue weighted by Gasteiger charge is 2.21. The highest BCUT2D eigenvalue weighted by Crippen LogP contribution is 2.32. The summed E-state index contributed by atoms with van der Waals surface area (Å²) < 4.78 is 24.9. The van der Waals surface area contributed by atoms with Crippen molar-refractivity contribution in [1.29, 1.82) is 0 Å². The van der Waals surface area contributed by atoms with Crippen LogP contribution in [0.3, 0.4) is 0 Å². The molecule has 10 heteroatoms. The van der Waals surface area contributed by atoms with Gasteiger partial charge in [0.25, 0.3) is 0 Å². The zero-order chi connectivity index (χ0) is 22.3. The van der Waals surface area contributed by atoms with E-state index in [0.29, 0.717) is 11.7 Å². The zero-order valence-electron chi connectivity index (χ0n) is 18.4. The van der Waals surface area contributed by atoms with Gasteiger partial charge in [-0.2, -0.15) is 0 Å². The number of thiazole rings is 1. The summed E-state index contributed by atoms with van der Waals surface area (Å²) in [6.07, 6.45) is 0.853. The Morgan fingerprint density at radius 2 is 2.00 bits per heavy atom. The summed E-state index contributed by atoms with van der Waals surface area (Å²) in [5.74, 6) is 0.719. The van der Waals surface area contributed by atoms with Crippen molar-refractivity contribution in [2.45, 2.75) is 11.3 Å². The minimum Gasteiger partial charge on any atom is -0.497 e. The van der Waals surface area contributed by atoms with Gasteiger partial charge in [0.2, 0.25) is 5.91 Å². The van der Waals surface area contributed by atoms with E-state index in [2.05, 4.69) is 4.90 Å². The minimum atomic E-state index is -0.282. The van der Waals surface area contributed by atoms with Gasteiger partial charge in [-0.05, 0) is 42.8 Å². The van der Waals surface area contributed by atoms with Crippen molar-refractivity contribution in [2.75, 3.05) is 57.2 Å². The van der Waals surface area contributed by atoms with Gasteiger partial charge in [0.15, 0.2) is 5.13 Å². The van der Waals surface area contributed by atoms with Crippen LogP contribution >= 0.6 is 35.5 Å². The highest BCUT2D eigenvalue weighted by atomic mass is 35.5. The van der Waals surface area contributed by atoms with Crippen LogP contribution in [0.4, 0.5) is 9.52 Å². The second-order valence-corrected chi connectivity index (χ2v) is 9.48. The molecule has 0 unspecified atom stereocenters. The van der Waals surface area contributed by atoms with Gasteiger partial charge >= 0.3 is 0 Å². The lowest BCUT2D eigenvalue weighted by Gasteiger charge is -2.27. The van der Waals surface area contributed by atoms with Crippen molar-refractivity contribution in [1.82, 2.24) is 9.88 Å². The Kier molecular flexibility index (Phi) is 9.76. The quantitative estimate of drug-likeness (QED) is 0.388. The maximum absolute atomic E-state index is 13.2. The summed E-state index contributed by atoms with van der Waals surface area (Å²) in [7, 11) is 1.63. The number of anilines is 1. The van der Waals surface area contributed by atoms with Gasteiger partial charge in [0.05, 0.1) is 36.3 Å². The van der Waals surface area contributed by atoms with Gasteiger partial charge < -0.3 is 9.47 Å². The average Bonchev–Trinajstić information content (AvgIpc) is 3.24. The number of methoxy groups -OCH3 is 1. The van der Waals surface area contributed by atoms with Crippen molar-refractivity contribution >= 4 is 56.8 Å². The topological polar surface area (TPSA) is 54.9 Å². The van der Waals surface area contributed by atoms with Crippen LogP contribution in [0.2, 0.25) is 0 Å². The Balaban J connectivity index is 0.00000306. The number of thioether (sulfide) groups is 1. The van der Waals surface area contributed by atoms with Crippen molar-refractivity contribution in [3.63, 3.8) is 0 Å². The van der Waals surface area contributed by atoms with Crippen LogP contribution in [0, 0.1) is 5.82 Å². The molecule has 0 bridgehead atoms. The first kappa shape index (κ1) is 25.7. The number of rotatable bonds is 9. The second-order valence-electron chi connectivity index (χ2n) is 7.43. The van der Waals surface area contributed by atoms with Crippen LogP contribution in [0.1, 0.15) is 6.42 Å². The van der Waals surface area contributed by atoms with Crippen LogP contribution in [-0.4, -0.2) is 68.0 Å². The van der Waals surface area contributed by atoms with Gasteiger partial charge in [0.1, 0.15) is 11.6 Å². The molecule has 1 aliphatic rings. The molecule has 0 atom stereocenters. The molecule has 1 aliphatic heterocycles. The Labute approximate surface area is 207 Å². The number of carbonyl (C=O) groups excluding carboxylic acids is 1. The average molecular weight is 512 g/mol. The fraction of sp³-hybridized carbons (Fsp3) is 0.391. The lowest BCUT2D eigenvalue weighted by atomic mass is 10.3. The van der Waals surface area contributed by atoms with E-state index in [1.165, 1.54) is 35.2 Å². The first-order chi connectivity index (χ1) is 15.6. The number of benzene rings is 2. The van der Waals surface area contributed by atoms with Gasteiger partial charge in [-0.25, -0.2) is 9.37 Å². The largest absolute Gasteiger partial charge is 0.497 e. The van der Waals surface area contributed by atoms with E-state index in [1.807, 2.05) is 18.2 Å². The molecule has 3 aromatic rings. The van der Waals surface area contributed by atoms with Gasteiger partial charge in [-0.1, -0.05) is 11.3 Å². The van der Waals surface area contributed by atoms with E-state index in [-0.39, 0.29) is 29.9 Å². The maximum Gasteiger partial charge on any atom is 0.239 e. The Hall–Kier alpha value is -1.91. The van der Waals surface area contributed by atoms with Crippen LogP contribution in [-0.2, 0) is 9.53 Å². The van der Waals surface area contributed by atoms with E-state index in [0.717, 1.165) is 60.1 Å². The van der Waals surface area contributed by atoms with Crippen LogP contribution in [0.25, 0.3) is 10.2 Å². The SMILES string of the molecule is COc1ccc2sc(N(CCCN3CCOCC3)C(=O)CSc3ccc(F)cc3)nc2c1.Cl. The third-order valence-electron chi connectivity index (χ3n) is 5.25. The number of aromatic nitrogens is 1. The maximum atomic E-state index is 13.2. The number of hydrogen-bond acceptors (Lipinski definition) is 7. The summed E-state index contributed by atoms with van der Waals surface area (Å²) in [6.45, 7) is 4.88. The molecule has 178 valence electrons. The van der Waals surface area contributed by atoms with Crippen LogP contribution < -0.4 is 9.64 Å². The molecule has 0 saturated carbocycles. The molecule has 2 aromatic carbocycles. The van der Waals surface area contributed by atoms with E-state index in [9.17, 15) is 9.18 Å². The molecule has 0 aliphatic carbocycles. The van der Waals surface area contributed by atoms with Crippen molar-refractivity contribution in [3.8, 4) is 5.75 Å². The molecule has 33 heavy (non-hydrogen) atoms. The summed E-state index contributed by atoms with van der Waals surface area (Å²) >= 11 is 2.92. The van der Waals surface area contributed by atoms with Gasteiger partial charge in [0, 0.05) is 37.1 Å². The summed E-state index contributed by atoms with van der Waals surface area (Å²) in [4.78, 5) is 22.9. The highest BCUT2D eigenvalue weighted by molar-refractivity contribution is 8.00. The number of carbonyl (C=O) groups is 1. The van der Waals surface area contributed by atoms with E-state index >= 15 is 0 Å². The molecule has 1 amide bonds. The number of amides is 1. The molecule has 6 nitrogen and oxygen atoms in total. The molecule has 2 heterocycles. The Morgan fingerprint density at radius 3 is 2.73 bits per heavy atom. The predicted molar refractivity (Wildman–Crippen MR) is 135 cm³/mol. The Morgan fingerprint density at radius 1 is 1.24 bits per heavy atom. The molecule has 1 aromatic heterocycles. The standard InChI is InChI=1S/C23H26FN3O3S2.ClH/c1-29-18-5-8-21-20(15-18)25-23(32-21)27(10-2-9-26-11-13-30-14-12-26)22(28)16-31-19-6-3-17(24)4-7-19;/h3-8,15H,2,9-14,16H2,1H3;1H. The summed E-state index contributed by atoms with van der Waals surface area (Å²) in [6, 6.07) is 12.0. The summed E-state index contributed by atoms with van der Waals surface area (Å²) in [5.41, 5.74) is 0.821. The van der Waals surface area contributed by atoms with Crippen LogP contribution in [0.15, 0.2) is 47.4 Å². The number of fused-ring (bicyclic) bond motifs is 1. The predicted octanol–water partition coefficient (Wildman–Crippen LogP) is 4.71. The second kappa shape index (κ2) is 12.5. The molecule has 4 rings (SSSR count). The van der Waals surface area contributed by atoms with E-state index in [4.69, 9.17) is 14.5 Å². The van der Waals surface area contributed by atoms with Crippen molar-refractivity contribution < 1.29 is 18.7 Å². The first-order valence-electron chi connectivity index (χ1n) is 10.6. The van der Waals surface area contributed by atoms with Crippen LogP contribution in [0.5, 0.6) is 5.75 Å². The molecular formula is C23H27ClFN3O3S2. The number of nitrogens with zero attached hydrogens (tertiary/aromatic N) is 3. The van der Waals surface area contributed by atoms with Gasteiger partial charge in [-0.15, -0.1) is 24.2 Å². The molecular weight excluding hydrogens is 485 g/mol. The minimum absolute atomic E-state index is 0.